The van der Waals surface area contributed by atoms with Gasteiger partial charge >= 0.3 is 0 Å². The van der Waals surface area contributed by atoms with Crippen molar-refractivity contribution in [3.05, 3.63) is 0 Å². The molecule has 0 aromatic carbocycles. The molecular formula is C13H28O3S. The number of hydrogen-bond acceptors (Lipinski definition) is 2. The third-order valence-corrected chi connectivity index (χ3v) is 6.21. The minimum atomic E-state index is -4.08. The Morgan fingerprint density at radius 2 is 1.35 bits per heavy atom. The summed E-state index contributed by atoms with van der Waals surface area (Å²) in [6.07, 6.45) is 0.758. The molecule has 0 bridgehead atoms. The average molecular weight is 264 g/mol. The van der Waals surface area contributed by atoms with E-state index in [-0.39, 0.29) is 23.7 Å². The zero-order valence-electron chi connectivity index (χ0n) is 12.2. The van der Waals surface area contributed by atoms with E-state index < -0.39 is 14.9 Å². The fourth-order valence-electron chi connectivity index (χ4n) is 3.62. The summed E-state index contributed by atoms with van der Waals surface area (Å²) in [6.45, 7) is 13.6. The minimum Gasteiger partial charge on any atom is -0.285 e. The van der Waals surface area contributed by atoms with Gasteiger partial charge in [0.05, 0.1) is 0 Å². The molecule has 0 aliphatic carbocycles. The largest absolute Gasteiger partial charge is 0.285 e. The first kappa shape index (κ1) is 16.9. The fraction of sp³-hybridized carbons (Fsp3) is 1.00. The van der Waals surface area contributed by atoms with Gasteiger partial charge in [0.25, 0.3) is 10.1 Å². The third kappa shape index (κ3) is 2.84. The zero-order chi connectivity index (χ0) is 14.0. The van der Waals surface area contributed by atoms with Crippen LogP contribution in [0.3, 0.4) is 0 Å². The summed E-state index contributed by atoms with van der Waals surface area (Å²) in [5.41, 5.74) is 0. The van der Waals surface area contributed by atoms with Crippen molar-refractivity contribution in [3.8, 4) is 0 Å². The summed E-state index contributed by atoms with van der Waals surface area (Å²) < 4.78 is 32.7. The maximum Gasteiger partial charge on any atom is 0.271 e. The molecule has 104 valence electrons. The van der Waals surface area contributed by atoms with Gasteiger partial charge in [0.1, 0.15) is 4.75 Å². The van der Waals surface area contributed by atoms with Gasteiger partial charge in [0, 0.05) is 0 Å². The Labute approximate surface area is 107 Å². The quantitative estimate of drug-likeness (QED) is 0.746. The Kier molecular flexibility index (Phi) is 5.67. The Morgan fingerprint density at radius 1 is 1.00 bits per heavy atom. The Morgan fingerprint density at radius 3 is 1.41 bits per heavy atom. The van der Waals surface area contributed by atoms with Gasteiger partial charge in [-0.1, -0.05) is 54.9 Å². The Hall–Kier alpha value is -0.0900. The van der Waals surface area contributed by atoms with Crippen LogP contribution in [0.15, 0.2) is 0 Å². The number of hydrogen-bond donors (Lipinski definition) is 1. The molecule has 0 aliphatic heterocycles. The molecule has 4 heteroatoms. The lowest BCUT2D eigenvalue weighted by atomic mass is 9.69. The van der Waals surface area contributed by atoms with Crippen molar-refractivity contribution >= 4 is 10.1 Å². The van der Waals surface area contributed by atoms with Crippen LogP contribution in [0, 0.1) is 23.7 Å². The van der Waals surface area contributed by atoms with Crippen LogP contribution in [0.1, 0.15) is 54.9 Å². The van der Waals surface area contributed by atoms with Crippen LogP contribution in [0.2, 0.25) is 0 Å². The van der Waals surface area contributed by atoms with Crippen LogP contribution in [0.5, 0.6) is 0 Å². The first-order chi connectivity index (χ1) is 7.53. The van der Waals surface area contributed by atoms with Crippen LogP contribution in [0.25, 0.3) is 0 Å². The van der Waals surface area contributed by atoms with E-state index in [2.05, 4.69) is 0 Å². The lowest BCUT2D eigenvalue weighted by Gasteiger charge is -2.46. The fourth-order valence-corrected chi connectivity index (χ4v) is 5.63. The predicted molar refractivity (Wildman–Crippen MR) is 72.6 cm³/mol. The van der Waals surface area contributed by atoms with Crippen molar-refractivity contribution in [1.29, 1.82) is 0 Å². The van der Waals surface area contributed by atoms with Gasteiger partial charge in [-0.3, -0.25) is 4.55 Å². The second kappa shape index (κ2) is 5.70. The van der Waals surface area contributed by atoms with Crippen LogP contribution >= 0.6 is 0 Å². The van der Waals surface area contributed by atoms with Gasteiger partial charge in [0.2, 0.25) is 0 Å². The monoisotopic (exact) mass is 264 g/mol. The van der Waals surface area contributed by atoms with Gasteiger partial charge < -0.3 is 0 Å². The molecule has 1 atom stereocenters. The van der Waals surface area contributed by atoms with E-state index in [0.717, 1.165) is 6.42 Å². The van der Waals surface area contributed by atoms with Gasteiger partial charge in [-0.2, -0.15) is 8.42 Å². The molecule has 0 aromatic rings. The van der Waals surface area contributed by atoms with E-state index in [1.165, 1.54) is 0 Å². The molecule has 0 saturated carbocycles. The van der Waals surface area contributed by atoms with Crippen molar-refractivity contribution in [2.45, 2.75) is 59.6 Å². The highest BCUT2D eigenvalue weighted by Crippen LogP contribution is 2.45. The van der Waals surface area contributed by atoms with Crippen molar-refractivity contribution < 1.29 is 13.0 Å². The van der Waals surface area contributed by atoms with Gasteiger partial charge in [0.15, 0.2) is 0 Å². The summed E-state index contributed by atoms with van der Waals surface area (Å²) in [5, 5.41) is 0. The lowest BCUT2D eigenvalue weighted by molar-refractivity contribution is 0.153. The van der Waals surface area contributed by atoms with E-state index in [0.29, 0.717) is 0 Å². The van der Waals surface area contributed by atoms with Crippen molar-refractivity contribution in [1.82, 2.24) is 0 Å². The molecule has 0 heterocycles. The molecule has 1 N–H and O–H groups in total. The normalized spacial score (nSPS) is 15.9. The highest BCUT2D eigenvalue weighted by atomic mass is 32.2. The summed E-state index contributed by atoms with van der Waals surface area (Å²) in [6, 6.07) is 0. The molecule has 0 saturated heterocycles. The number of rotatable bonds is 6. The molecule has 3 nitrogen and oxygen atoms in total. The SMILES string of the molecule is CCC(C(C)C)C(C(C)C)(C(C)C)S(=O)(=O)O. The first-order valence-corrected chi connectivity index (χ1v) is 7.94. The van der Waals surface area contributed by atoms with Crippen LogP contribution < -0.4 is 0 Å². The van der Waals surface area contributed by atoms with E-state index in [1.54, 1.807) is 0 Å². The molecule has 0 rings (SSSR count). The molecule has 0 amide bonds. The highest BCUT2D eigenvalue weighted by molar-refractivity contribution is 7.87. The second-order valence-electron chi connectivity index (χ2n) is 5.90. The summed E-state index contributed by atoms with van der Waals surface area (Å²) in [4.78, 5) is 0. The minimum absolute atomic E-state index is 0.0301. The molecule has 0 radical (unpaired) electrons. The maximum atomic E-state index is 12.0. The van der Waals surface area contributed by atoms with E-state index in [4.69, 9.17) is 0 Å². The predicted octanol–water partition coefficient (Wildman–Crippen LogP) is 3.61. The van der Waals surface area contributed by atoms with Crippen LogP contribution in [0.4, 0.5) is 0 Å². The molecule has 1 unspecified atom stereocenters. The smallest absolute Gasteiger partial charge is 0.271 e. The molecule has 0 aliphatic rings. The molecular weight excluding hydrogens is 236 g/mol. The summed E-state index contributed by atoms with van der Waals surface area (Å²) >= 11 is 0. The van der Waals surface area contributed by atoms with Crippen LogP contribution in [-0.2, 0) is 10.1 Å². The third-order valence-electron chi connectivity index (χ3n) is 4.08. The first-order valence-electron chi connectivity index (χ1n) is 6.50. The van der Waals surface area contributed by atoms with Crippen LogP contribution in [-0.4, -0.2) is 17.7 Å². The lowest BCUT2D eigenvalue weighted by Crippen LogP contribution is -2.55. The highest BCUT2D eigenvalue weighted by Gasteiger charge is 2.54. The molecule has 0 fully saturated rings. The van der Waals surface area contributed by atoms with Crippen molar-refractivity contribution in [3.63, 3.8) is 0 Å². The maximum absolute atomic E-state index is 12.0. The molecule has 0 spiro atoms. The van der Waals surface area contributed by atoms with Crippen molar-refractivity contribution in [2.24, 2.45) is 23.7 Å². The van der Waals surface area contributed by atoms with E-state index in [1.807, 2.05) is 48.5 Å². The summed E-state index contributed by atoms with van der Waals surface area (Å²) in [7, 11) is -4.08. The topological polar surface area (TPSA) is 54.4 Å². The van der Waals surface area contributed by atoms with Crippen molar-refractivity contribution in [2.75, 3.05) is 0 Å². The molecule has 17 heavy (non-hydrogen) atoms. The van der Waals surface area contributed by atoms with Gasteiger partial charge in [-0.25, -0.2) is 0 Å². The zero-order valence-corrected chi connectivity index (χ0v) is 13.0. The molecule has 0 aromatic heterocycles. The van der Waals surface area contributed by atoms with Gasteiger partial charge in [-0.15, -0.1) is 0 Å². The Bertz CT molecular complexity index is 321. The second-order valence-corrected chi connectivity index (χ2v) is 7.55. The van der Waals surface area contributed by atoms with E-state index in [9.17, 15) is 13.0 Å². The van der Waals surface area contributed by atoms with Gasteiger partial charge in [-0.05, 0) is 23.7 Å². The standard InChI is InChI=1S/C13H28O3S/c1-8-12(9(2)3)13(10(4)5,11(6)7)17(14,15)16/h9-12H,8H2,1-7H3,(H,14,15,16). The van der Waals surface area contributed by atoms with E-state index >= 15 is 0 Å². The average Bonchev–Trinajstić information content (AvgIpc) is 2.08. The summed E-state index contributed by atoms with van der Waals surface area (Å²) in [5.74, 6) is -0.0149. The Balaban J connectivity index is 5.99.